The lowest BCUT2D eigenvalue weighted by molar-refractivity contribution is 0.563. The normalized spacial score (nSPS) is 9.22. The van der Waals surface area contributed by atoms with Crippen molar-refractivity contribution >= 4 is 23.8 Å². The van der Waals surface area contributed by atoms with Gasteiger partial charge in [-0.3, -0.25) is 0 Å². The molecule has 0 N–H and O–H groups in total. The van der Waals surface area contributed by atoms with Gasteiger partial charge >= 0.3 is 0 Å². The first-order valence-electron chi connectivity index (χ1n) is 1.81. The predicted molar refractivity (Wildman–Crippen MR) is 30.2 cm³/mol. The molecular weight excluding hydrogens is 144 g/mol. The van der Waals surface area contributed by atoms with Gasteiger partial charge in [-0.25, -0.2) is 9.59 Å². The van der Waals surface area contributed by atoms with E-state index in [2.05, 4.69) is 9.98 Å². The number of carbonyl (C=O) groups excluding carboxylic acids is 2. The minimum Gasteiger partial charge on any atom is -0.211 e. The number of aliphatic imine (C=N–C) groups is 2. The number of hydrogen-bond donors (Lipinski definition) is 0. The summed E-state index contributed by atoms with van der Waals surface area (Å²) in [5, 5.41) is -0.201. The van der Waals surface area contributed by atoms with E-state index in [1.54, 1.807) is 0 Å². The van der Waals surface area contributed by atoms with E-state index in [0.717, 1.165) is 12.3 Å². The maximum atomic E-state index is 9.42. The van der Waals surface area contributed by atoms with Gasteiger partial charge in [-0.1, -0.05) is 11.6 Å². The Kier molecular flexibility index (Phi) is 4.27. The third-order valence-electron chi connectivity index (χ3n) is 0.376. The van der Waals surface area contributed by atoms with Crippen molar-refractivity contribution in [3.63, 3.8) is 0 Å². The molecule has 9 heavy (non-hydrogen) atoms. The van der Waals surface area contributed by atoms with Crippen LogP contribution in [0.4, 0.5) is 0 Å². The molecule has 4 nitrogen and oxygen atoms in total. The number of rotatable bonds is 2. The van der Waals surface area contributed by atoms with E-state index in [9.17, 15) is 9.59 Å². The molecule has 0 saturated heterocycles. The van der Waals surface area contributed by atoms with Crippen LogP contribution in [-0.4, -0.2) is 12.2 Å². The van der Waals surface area contributed by atoms with Gasteiger partial charge in [0.1, 0.15) is 0 Å². The van der Waals surface area contributed by atoms with Crippen LogP contribution in [0.25, 0.3) is 0 Å². The fourth-order valence-electron chi connectivity index (χ4n) is 0.152. The van der Waals surface area contributed by atoms with E-state index in [1.807, 2.05) is 0 Å². The van der Waals surface area contributed by atoms with Gasteiger partial charge in [-0.05, 0) is 0 Å². The molecule has 0 rings (SSSR count). The third kappa shape index (κ3) is 4.65. The SMILES string of the molecule is O=C=N/C=C(/Cl)N=C=O. The zero-order chi connectivity index (χ0) is 7.11. The lowest BCUT2D eigenvalue weighted by Crippen LogP contribution is -1.59. The van der Waals surface area contributed by atoms with E-state index in [4.69, 9.17) is 11.6 Å². The largest absolute Gasteiger partial charge is 0.241 e. The van der Waals surface area contributed by atoms with Crippen LogP contribution in [0.5, 0.6) is 0 Å². The van der Waals surface area contributed by atoms with Gasteiger partial charge in [-0.15, -0.1) is 0 Å². The first-order chi connectivity index (χ1) is 4.31. The van der Waals surface area contributed by atoms with Crippen molar-refractivity contribution in [1.82, 2.24) is 0 Å². The molecule has 0 amide bonds. The molecule has 0 saturated carbocycles. The Labute approximate surface area is 55.6 Å². The second kappa shape index (κ2) is 4.94. The summed E-state index contributed by atoms with van der Waals surface area (Å²) in [6.45, 7) is 0. The summed E-state index contributed by atoms with van der Waals surface area (Å²) >= 11 is 5.12. The fourth-order valence-corrected chi connectivity index (χ4v) is 0.235. The van der Waals surface area contributed by atoms with Crippen molar-refractivity contribution in [2.24, 2.45) is 9.98 Å². The van der Waals surface area contributed by atoms with Gasteiger partial charge in [0, 0.05) is 0 Å². The van der Waals surface area contributed by atoms with Gasteiger partial charge in [-0.2, -0.15) is 9.98 Å². The molecule has 0 heterocycles. The van der Waals surface area contributed by atoms with Gasteiger partial charge in [0.25, 0.3) is 0 Å². The lowest BCUT2D eigenvalue weighted by Gasteiger charge is -1.73. The van der Waals surface area contributed by atoms with Crippen molar-refractivity contribution in [2.45, 2.75) is 0 Å². The first kappa shape index (κ1) is 7.79. The van der Waals surface area contributed by atoms with Crippen LogP contribution in [0.1, 0.15) is 0 Å². The monoisotopic (exact) mass is 144 g/mol. The quantitative estimate of drug-likeness (QED) is 0.325. The molecule has 0 bridgehead atoms. The predicted octanol–water partition coefficient (Wildman–Crippen LogP) is 0.696. The minimum atomic E-state index is -0.201. The lowest BCUT2D eigenvalue weighted by atomic mass is 10.9. The van der Waals surface area contributed by atoms with Crippen LogP contribution < -0.4 is 0 Å². The van der Waals surface area contributed by atoms with E-state index in [-0.39, 0.29) is 5.16 Å². The highest BCUT2D eigenvalue weighted by Crippen LogP contribution is 1.99. The maximum Gasteiger partial charge on any atom is 0.241 e. The summed E-state index contributed by atoms with van der Waals surface area (Å²) in [5.74, 6) is 0. The summed E-state index contributed by atoms with van der Waals surface area (Å²) in [5.41, 5.74) is 0. The van der Waals surface area contributed by atoms with Gasteiger partial charge in [0.05, 0.1) is 6.20 Å². The summed E-state index contributed by atoms with van der Waals surface area (Å²) in [7, 11) is 0. The van der Waals surface area contributed by atoms with Crippen LogP contribution in [-0.2, 0) is 9.59 Å². The van der Waals surface area contributed by atoms with E-state index in [1.165, 1.54) is 6.08 Å². The highest BCUT2D eigenvalue weighted by atomic mass is 35.5. The van der Waals surface area contributed by atoms with Crippen LogP contribution in [0.3, 0.4) is 0 Å². The second-order valence-corrected chi connectivity index (χ2v) is 1.26. The average Bonchev–Trinajstić information content (AvgIpc) is 1.85. The summed E-state index contributed by atoms with van der Waals surface area (Å²) in [6.07, 6.45) is 3.23. The Morgan fingerprint density at radius 1 is 1.44 bits per heavy atom. The molecule has 0 aromatic heterocycles. The number of isocyanates is 2. The van der Waals surface area contributed by atoms with Gasteiger partial charge in [0.15, 0.2) is 5.16 Å². The van der Waals surface area contributed by atoms with Crippen LogP contribution in [0, 0.1) is 0 Å². The standard InChI is InChI=1S/C4HClN2O2/c5-4(7-3-9)1-6-2-8/h1H/b4-1-. The number of halogens is 1. The Balaban J connectivity index is 4.15. The summed E-state index contributed by atoms with van der Waals surface area (Å²) in [6, 6.07) is 0. The molecule has 0 fully saturated rings. The highest BCUT2D eigenvalue weighted by molar-refractivity contribution is 6.29. The van der Waals surface area contributed by atoms with Crippen LogP contribution >= 0.6 is 11.6 Å². The molecule has 0 aliphatic heterocycles. The zero-order valence-corrected chi connectivity index (χ0v) is 4.92. The second-order valence-electron chi connectivity index (χ2n) is 0.875. The Morgan fingerprint density at radius 3 is 2.56 bits per heavy atom. The van der Waals surface area contributed by atoms with E-state index in [0.29, 0.717) is 0 Å². The van der Waals surface area contributed by atoms with Crippen molar-refractivity contribution in [2.75, 3.05) is 0 Å². The molecule has 0 atom stereocenters. The first-order valence-corrected chi connectivity index (χ1v) is 2.19. The average molecular weight is 145 g/mol. The number of nitrogens with zero attached hydrogens (tertiary/aromatic N) is 2. The fraction of sp³-hybridized carbons (Fsp3) is 0. The Morgan fingerprint density at radius 2 is 2.11 bits per heavy atom. The highest BCUT2D eigenvalue weighted by Gasteiger charge is 1.80. The summed E-state index contributed by atoms with van der Waals surface area (Å²) < 4.78 is 0. The topological polar surface area (TPSA) is 58.9 Å². The van der Waals surface area contributed by atoms with Crippen LogP contribution in [0.15, 0.2) is 21.3 Å². The third-order valence-corrected chi connectivity index (χ3v) is 0.558. The smallest absolute Gasteiger partial charge is 0.211 e. The molecular formula is C4HClN2O2. The van der Waals surface area contributed by atoms with Crippen molar-refractivity contribution in [3.8, 4) is 0 Å². The molecule has 0 aromatic rings. The molecule has 0 radical (unpaired) electrons. The minimum absolute atomic E-state index is 0.201. The molecule has 0 spiro atoms. The van der Waals surface area contributed by atoms with Crippen LogP contribution in [0.2, 0.25) is 0 Å². The molecule has 0 aromatic carbocycles. The van der Waals surface area contributed by atoms with Gasteiger partial charge in [0.2, 0.25) is 12.2 Å². The summed E-state index contributed by atoms with van der Waals surface area (Å²) in [4.78, 5) is 24.6. The molecule has 0 unspecified atom stereocenters. The zero-order valence-electron chi connectivity index (χ0n) is 4.17. The Hall–Kier alpha value is -1.21. The van der Waals surface area contributed by atoms with Crippen molar-refractivity contribution in [3.05, 3.63) is 11.4 Å². The van der Waals surface area contributed by atoms with E-state index >= 15 is 0 Å². The maximum absolute atomic E-state index is 9.42. The molecule has 5 heteroatoms. The van der Waals surface area contributed by atoms with Gasteiger partial charge < -0.3 is 0 Å². The van der Waals surface area contributed by atoms with E-state index < -0.39 is 0 Å². The number of hydrogen-bond acceptors (Lipinski definition) is 4. The van der Waals surface area contributed by atoms with Crippen molar-refractivity contribution < 1.29 is 9.59 Å². The van der Waals surface area contributed by atoms with Crippen molar-refractivity contribution in [1.29, 1.82) is 0 Å². The molecule has 0 aliphatic carbocycles. The Bertz CT molecular complexity index is 211. The molecule has 0 aliphatic rings. The molecule has 46 valence electrons.